The SMILES string of the molecule is CC1(C)CCCC(Nc2cc3ccccc3c(=O)[nH]2)C1. The van der Waals surface area contributed by atoms with Gasteiger partial charge in [-0.1, -0.05) is 38.5 Å². The molecule has 20 heavy (non-hydrogen) atoms. The minimum absolute atomic E-state index is 0.0133. The van der Waals surface area contributed by atoms with E-state index < -0.39 is 0 Å². The van der Waals surface area contributed by atoms with E-state index >= 15 is 0 Å². The fraction of sp³-hybridized carbons (Fsp3) is 0.471. The molecule has 0 spiro atoms. The Hall–Kier alpha value is -1.77. The van der Waals surface area contributed by atoms with Gasteiger partial charge in [-0.25, -0.2) is 0 Å². The molecule has 1 heterocycles. The van der Waals surface area contributed by atoms with E-state index in [1.165, 1.54) is 19.3 Å². The van der Waals surface area contributed by atoms with Gasteiger partial charge in [0, 0.05) is 11.4 Å². The van der Waals surface area contributed by atoms with Crippen molar-refractivity contribution in [2.75, 3.05) is 5.32 Å². The molecule has 1 atom stereocenters. The molecule has 0 amide bonds. The first kappa shape index (κ1) is 13.2. The van der Waals surface area contributed by atoms with Gasteiger partial charge in [0.25, 0.3) is 5.56 Å². The van der Waals surface area contributed by atoms with Crippen LogP contribution in [0.3, 0.4) is 0 Å². The van der Waals surface area contributed by atoms with E-state index in [2.05, 4.69) is 24.1 Å². The summed E-state index contributed by atoms with van der Waals surface area (Å²) in [4.78, 5) is 15.0. The van der Waals surface area contributed by atoms with Crippen molar-refractivity contribution in [3.05, 3.63) is 40.7 Å². The lowest BCUT2D eigenvalue weighted by Crippen LogP contribution is -2.32. The number of nitrogens with one attached hydrogen (secondary N) is 2. The zero-order chi connectivity index (χ0) is 14.2. The Labute approximate surface area is 119 Å². The number of pyridine rings is 1. The molecule has 0 aliphatic heterocycles. The minimum Gasteiger partial charge on any atom is -0.369 e. The van der Waals surface area contributed by atoms with Crippen molar-refractivity contribution in [2.24, 2.45) is 5.41 Å². The maximum atomic E-state index is 12.1. The van der Waals surface area contributed by atoms with Crippen LogP contribution in [0.4, 0.5) is 5.82 Å². The predicted molar refractivity (Wildman–Crippen MR) is 84.2 cm³/mol. The Kier molecular flexibility index (Phi) is 3.28. The Morgan fingerprint density at radius 2 is 2.10 bits per heavy atom. The first-order valence-electron chi connectivity index (χ1n) is 7.42. The molecule has 0 radical (unpaired) electrons. The third-order valence-corrected chi connectivity index (χ3v) is 4.32. The Bertz CT molecular complexity index is 672. The van der Waals surface area contributed by atoms with Crippen molar-refractivity contribution in [3.8, 4) is 0 Å². The highest BCUT2D eigenvalue weighted by atomic mass is 16.1. The zero-order valence-electron chi connectivity index (χ0n) is 12.2. The van der Waals surface area contributed by atoms with Gasteiger partial charge in [-0.3, -0.25) is 4.79 Å². The number of anilines is 1. The maximum Gasteiger partial charge on any atom is 0.257 e. The summed E-state index contributed by atoms with van der Waals surface area (Å²) in [6, 6.07) is 10.2. The predicted octanol–water partition coefficient (Wildman–Crippen LogP) is 3.91. The third kappa shape index (κ3) is 2.72. The highest BCUT2D eigenvalue weighted by molar-refractivity contribution is 5.83. The van der Waals surface area contributed by atoms with Crippen LogP contribution in [0.1, 0.15) is 39.5 Å². The molecule has 1 fully saturated rings. The molecule has 1 aromatic carbocycles. The molecule has 1 unspecified atom stereocenters. The second kappa shape index (κ2) is 4.97. The molecule has 1 aliphatic carbocycles. The summed E-state index contributed by atoms with van der Waals surface area (Å²) in [5, 5.41) is 5.26. The van der Waals surface area contributed by atoms with Crippen LogP contribution in [0.2, 0.25) is 0 Å². The van der Waals surface area contributed by atoms with E-state index in [0.29, 0.717) is 11.5 Å². The van der Waals surface area contributed by atoms with Crippen LogP contribution in [0, 0.1) is 5.41 Å². The summed E-state index contributed by atoms with van der Waals surface area (Å²) >= 11 is 0. The molecule has 2 aromatic rings. The van der Waals surface area contributed by atoms with Crippen LogP contribution >= 0.6 is 0 Å². The zero-order valence-corrected chi connectivity index (χ0v) is 12.2. The molecule has 2 N–H and O–H groups in total. The standard InChI is InChI=1S/C17H22N2O/c1-17(2)9-5-7-13(11-17)18-15-10-12-6-3-4-8-14(12)16(20)19-15/h3-4,6,8,10,13H,5,7,9,11H2,1-2H3,(H2,18,19,20). The average molecular weight is 270 g/mol. The van der Waals surface area contributed by atoms with Crippen LogP contribution in [0.15, 0.2) is 35.1 Å². The van der Waals surface area contributed by atoms with Crippen LogP contribution in [-0.4, -0.2) is 11.0 Å². The van der Waals surface area contributed by atoms with Crippen molar-refractivity contribution in [1.82, 2.24) is 4.98 Å². The molecular weight excluding hydrogens is 248 g/mol. The first-order chi connectivity index (χ1) is 9.53. The summed E-state index contributed by atoms with van der Waals surface area (Å²) in [5.41, 5.74) is 0.383. The number of H-pyrrole nitrogens is 1. The molecule has 0 saturated heterocycles. The average Bonchev–Trinajstić information content (AvgIpc) is 2.37. The van der Waals surface area contributed by atoms with Gasteiger partial charge in [0.2, 0.25) is 0 Å². The van der Waals surface area contributed by atoms with Crippen LogP contribution < -0.4 is 10.9 Å². The van der Waals surface area contributed by atoms with E-state index in [9.17, 15) is 4.79 Å². The first-order valence-corrected chi connectivity index (χ1v) is 7.42. The molecule has 3 heteroatoms. The maximum absolute atomic E-state index is 12.1. The quantitative estimate of drug-likeness (QED) is 0.869. The fourth-order valence-electron chi connectivity index (χ4n) is 3.33. The van der Waals surface area contributed by atoms with Crippen molar-refractivity contribution in [1.29, 1.82) is 0 Å². The summed E-state index contributed by atoms with van der Waals surface area (Å²) in [6.45, 7) is 4.65. The number of benzene rings is 1. The van der Waals surface area contributed by atoms with Gasteiger partial charge in [-0.2, -0.15) is 0 Å². The van der Waals surface area contributed by atoms with Gasteiger partial charge in [-0.05, 0) is 42.2 Å². The molecule has 3 nitrogen and oxygen atoms in total. The molecule has 1 aliphatic rings. The van der Waals surface area contributed by atoms with E-state index in [4.69, 9.17) is 0 Å². The fourth-order valence-corrected chi connectivity index (χ4v) is 3.33. The molecular formula is C17H22N2O. The van der Waals surface area contributed by atoms with Crippen LogP contribution in [0.25, 0.3) is 10.8 Å². The van der Waals surface area contributed by atoms with Crippen LogP contribution in [0.5, 0.6) is 0 Å². The van der Waals surface area contributed by atoms with E-state index in [0.717, 1.165) is 23.0 Å². The lowest BCUT2D eigenvalue weighted by atomic mass is 9.75. The van der Waals surface area contributed by atoms with Crippen molar-refractivity contribution in [2.45, 2.75) is 45.6 Å². The third-order valence-electron chi connectivity index (χ3n) is 4.32. The van der Waals surface area contributed by atoms with Gasteiger partial charge in [0.05, 0.1) is 0 Å². The lowest BCUT2D eigenvalue weighted by molar-refractivity contribution is 0.229. The van der Waals surface area contributed by atoms with Crippen molar-refractivity contribution in [3.63, 3.8) is 0 Å². The highest BCUT2D eigenvalue weighted by Crippen LogP contribution is 2.36. The van der Waals surface area contributed by atoms with Crippen molar-refractivity contribution >= 4 is 16.6 Å². The Morgan fingerprint density at radius 1 is 1.30 bits per heavy atom. The highest BCUT2D eigenvalue weighted by Gasteiger charge is 2.27. The molecule has 106 valence electrons. The minimum atomic E-state index is -0.0133. The van der Waals surface area contributed by atoms with E-state index in [-0.39, 0.29) is 5.56 Å². The monoisotopic (exact) mass is 270 g/mol. The summed E-state index contributed by atoms with van der Waals surface area (Å²) < 4.78 is 0. The normalized spacial score (nSPS) is 21.8. The summed E-state index contributed by atoms with van der Waals surface area (Å²) in [5.74, 6) is 0.844. The second-order valence-corrected chi connectivity index (χ2v) is 6.70. The Morgan fingerprint density at radius 3 is 2.90 bits per heavy atom. The van der Waals surface area contributed by atoms with Crippen molar-refractivity contribution < 1.29 is 0 Å². The summed E-state index contributed by atoms with van der Waals surface area (Å²) in [7, 11) is 0. The number of aromatic amines is 1. The van der Waals surface area contributed by atoms with Gasteiger partial charge in [0.1, 0.15) is 5.82 Å². The molecule has 1 aromatic heterocycles. The molecule has 1 saturated carbocycles. The largest absolute Gasteiger partial charge is 0.369 e. The van der Waals surface area contributed by atoms with E-state index in [1.807, 2.05) is 30.3 Å². The van der Waals surface area contributed by atoms with Gasteiger partial charge < -0.3 is 10.3 Å². The van der Waals surface area contributed by atoms with E-state index in [1.54, 1.807) is 0 Å². The number of hydrogen-bond acceptors (Lipinski definition) is 2. The molecule has 3 rings (SSSR count). The number of hydrogen-bond donors (Lipinski definition) is 2. The Balaban J connectivity index is 1.86. The number of aromatic nitrogens is 1. The van der Waals surface area contributed by atoms with Gasteiger partial charge in [-0.15, -0.1) is 0 Å². The van der Waals surface area contributed by atoms with Crippen LogP contribution in [-0.2, 0) is 0 Å². The number of rotatable bonds is 2. The summed E-state index contributed by atoms with van der Waals surface area (Å²) in [6.07, 6.45) is 4.88. The van der Waals surface area contributed by atoms with Gasteiger partial charge in [0.15, 0.2) is 0 Å². The second-order valence-electron chi connectivity index (χ2n) is 6.70. The van der Waals surface area contributed by atoms with Gasteiger partial charge >= 0.3 is 0 Å². The molecule has 0 bridgehead atoms. The topological polar surface area (TPSA) is 44.9 Å². The smallest absolute Gasteiger partial charge is 0.257 e. The number of fused-ring (bicyclic) bond motifs is 1. The lowest BCUT2D eigenvalue weighted by Gasteiger charge is -2.35.